The van der Waals surface area contributed by atoms with E-state index in [9.17, 15) is 0 Å². The topological polar surface area (TPSA) is 20.2 Å². The molecule has 0 aromatic carbocycles. The Labute approximate surface area is 81.4 Å². The molecular formula is C8H15BrOS. The molecule has 2 unspecified atom stereocenters. The van der Waals surface area contributed by atoms with Crippen molar-refractivity contribution in [2.75, 3.05) is 12.9 Å². The summed E-state index contributed by atoms with van der Waals surface area (Å²) in [5.74, 6) is 0. The van der Waals surface area contributed by atoms with E-state index in [0.29, 0.717) is 5.25 Å². The summed E-state index contributed by atoms with van der Waals surface area (Å²) in [5, 5.41) is 9.29. The fourth-order valence-electron chi connectivity index (χ4n) is 0.663. The minimum Gasteiger partial charge on any atom is -0.392 e. The van der Waals surface area contributed by atoms with Gasteiger partial charge in [0, 0.05) is 5.25 Å². The van der Waals surface area contributed by atoms with Crippen LogP contribution in [0.25, 0.3) is 0 Å². The van der Waals surface area contributed by atoms with Crippen molar-refractivity contribution in [2.45, 2.75) is 23.4 Å². The molecule has 0 fully saturated rings. The van der Waals surface area contributed by atoms with Crippen molar-refractivity contribution in [2.24, 2.45) is 0 Å². The first-order chi connectivity index (χ1) is 4.96. The van der Waals surface area contributed by atoms with Crippen molar-refractivity contribution in [3.05, 3.63) is 12.2 Å². The van der Waals surface area contributed by atoms with E-state index in [1.54, 1.807) is 11.8 Å². The van der Waals surface area contributed by atoms with Crippen LogP contribution < -0.4 is 0 Å². The molecule has 0 rings (SSSR count). The maximum Gasteiger partial charge on any atom is 0.0653 e. The number of alkyl halides is 1. The normalized spacial score (nSPS) is 19.0. The Morgan fingerprint density at radius 1 is 1.82 bits per heavy atom. The number of rotatable bonds is 4. The van der Waals surface area contributed by atoms with Crippen LogP contribution in [0.5, 0.6) is 0 Å². The van der Waals surface area contributed by atoms with Crippen LogP contribution in [0, 0.1) is 0 Å². The molecule has 0 radical (unpaired) electrons. The molecule has 1 N–H and O–H groups in total. The molecule has 0 heterocycles. The van der Waals surface area contributed by atoms with Gasteiger partial charge in [0.2, 0.25) is 0 Å². The van der Waals surface area contributed by atoms with E-state index in [4.69, 9.17) is 5.11 Å². The molecule has 3 heteroatoms. The third kappa shape index (κ3) is 2.80. The molecule has 0 aliphatic carbocycles. The molecule has 1 nitrogen and oxygen atoms in total. The van der Waals surface area contributed by atoms with Gasteiger partial charge in [-0.2, -0.15) is 11.8 Å². The summed E-state index contributed by atoms with van der Waals surface area (Å²) in [6.45, 7) is 8.00. The van der Waals surface area contributed by atoms with E-state index in [-0.39, 0.29) is 10.9 Å². The van der Waals surface area contributed by atoms with Crippen LogP contribution in [0.3, 0.4) is 0 Å². The van der Waals surface area contributed by atoms with Gasteiger partial charge >= 0.3 is 0 Å². The molecular weight excluding hydrogens is 224 g/mol. The van der Waals surface area contributed by atoms with Gasteiger partial charge in [0.15, 0.2) is 0 Å². The Morgan fingerprint density at radius 3 is 2.55 bits per heavy atom. The largest absolute Gasteiger partial charge is 0.392 e. The molecule has 0 aliphatic rings. The Hall–Kier alpha value is 0.530. The predicted molar refractivity (Wildman–Crippen MR) is 56.5 cm³/mol. The smallest absolute Gasteiger partial charge is 0.0653 e. The van der Waals surface area contributed by atoms with Gasteiger partial charge in [-0.25, -0.2) is 0 Å². The van der Waals surface area contributed by atoms with E-state index in [1.165, 1.54) is 0 Å². The summed E-state index contributed by atoms with van der Waals surface area (Å²) in [7, 11) is 0. The van der Waals surface area contributed by atoms with Crippen LogP contribution in [0.1, 0.15) is 13.8 Å². The highest BCUT2D eigenvalue weighted by Crippen LogP contribution is 2.35. The van der Waals surface area contributed by atoms with E-state index in [2.05, 4.69) is 35.7 Å². The summed E-state index contributed by atoms with van der Waals surface area (Å²) in [6, 6.07) is 0. The maximum absolute atomic E-state index is 8.88. The average molecular weight is 239 g/mol. The van der Waals surface area contributed by atoms with Crippen LogP contribution in [0.15, 0.2) is 12.2 Å². The van der Waals surface area contributed by atoms with Gasteiger partial charge in [-0.05, 0) is 18.8 Å². The summed E-state index contributed by atoms with van der Waals surface area (Å²) in [5.41, 5.74) is 0.833. The Bertz CT molecular complexity index is 145. The molecule has 0 bridgehead atoms. The molecule has 0 aromatic rings. The minimum atomic E-state index is -0.152. The Morgan fingerprint density at radius 2 is 2.27 bits per heavy atom. The molecule has 2 atom stereocenters. The summed E-state index contributed by atoms with van der Waals surface area (Å²) in [6.07, 6.45) is 2.05. The second-order valence-corrected chi connectivity index (χ2v) is 5.54. The quantitative estimate of drug-likeness (QED) is 0.600. The van der Waals surface area contributed by atoms with Crippen molar-refractivity contribution in [1.29, 1.82) is 0 Å². The SMILES string of the molecule is C=C(CO)C(C)(Br)C(C)SC. The first-order valence-electron chi connectivity index (χ1n) is 3.47. The van der Waals surface area contributed by atoms with Crippen molar-refractivity contribution >= 4 is 27.7 Å². The second kappa shape index (κ2) is 4.53. The van der Waals surface area contributed by atoms with Gasteiger partial charge in [-0.3, -0.25) is 0 Å². The van der Waals surface area contributed by atoms with Crippen molar-refractivity contribution in [1.82, 2.24) is 0 Å². The molecule has 0 saturated heterocycles. The van der Waals surface area contributed by atoms with Crippen LogP contribution in [0.2, 0.25) is 0 Å². The zero-order chi connectivity index (χ0) is 9.07. The standard InChI is InChI=1S/C8H15BrOS/c1-6(5-10)8(3,9)7(2)11-4/h7,10H,1,5H2,2-4H3. The lowest BCUT2D eigenvalue weighted by Crippen LogP contribution is -2.31. The summed E-state index contributed by atoms with van der Waals surface area (Å²) in [4.78, 5) is 0. The third-order valence-corrected chi connectivity index (χ3v) is 4.73. The van der Waals surface area contributed by atoms with Gasteiger partial charge < -0.3 is 5.11 Å². The zero-order valence-corrected chi connectivity index (χ0v) is 9.63. The van der Waals surface area contributed by atoms with Crippen molar-refractivity contribution in [3.8, 4) is 0 Å². The van der Waals surface area contributed by atoms with Crippen molar-refractivity contribution in [3.63, 3.8) is 0 Å². The maximum atomic E-state index is 8.88. The molecule has 0 saturated carbocycles. The average Bonchev–Trinajstić information content (AvgIpc) is 2.01. The number of halogens is 1. The number of hydrogen-bond acceptors (Lipinski definition) is 2. The predicted octanol–water partition coefficient (Wildman–Crippen LogP) is 2.44. The van der Waals surface area contributed by atoms with Gasteiger partial charge in [-0.1, -0.05) is 29.4 Å². The first kappa shape index (κ1) is 11.5. The highest BCUT2D eigenvalue weighted by Gasteiger charge is 2.29. The van der Waals surface area contributed by atoms with Gasteiger partial charge in [0.05, 0.1) is 10.9 Å². The van der Waals surface area contributed by atoms with Gasteiger partial charge in [-0.15, -0.1) is 0 Å². The molecule has 66 valence electrons. The van der Waals surface area contributed by atoms with Crippen molar-refractivity contribution < 1.29 is 5.11 Å². The minimum absolute atomic E-state index is 0.0483. The Balaban J connectivity index is 4.31. The fraction of sp³-hybridized carbons (Fsp3) is 0.750. The number of aliphatic hydroxyl groups is 1. The summed E-state index contributed by atoms with van der Waals surface area (Å²) >= 11 is 5.31. The van der Waals surface area contributed by atoms with Gasteiger partial charge in [0.1, 0.15) is 0 Å². The molecule has 0 aromatic heterocycles. The van der Waals surface area contributed by atoms with Crippen LogP contribution in [0.4, 0.5) is 0 Å². The van der Waals surface area contributed by atoms with E-state index < -0.39 is 0 Å². The molecule has 0 spiro atoms. The monoisotopic (exact) mass is 238 g/mol. The number of thioether (sulfide) groups is 1. The molecule has 0 amide bonds. The third-order valence-electron chi connectivity index (χ3n) is 2.00. The Kier molecular flexibility index (Phi) is 4.75. The molecule has 11 heavy (non-hydrogen) atoms. The highest BCUT2D eigenvalue weighted by atomic mass is 79.9. The van der Waals surface area contributed by atoms with Crippen LogP contribution in [-0.4, -0.2) is 27.5 Å². The second-order valence-electron chi connectivity index (χ2n) is 2.72. The highest BCUT2D eigenvalue weighted by molar-refractivity contribution is 9.10. The number of aliphatic hydroxyl groups excluding tert-OH is 1. The molecule has 0 aliphatic heterocycles. The van der Waals surface area contributed by atoms with Gasteiger partial charge in [0.25, 0.3) is 0 Å². The van der Waals surface area contributed by atoms with E-state index in [0.717, 1.165) is 5.57 Å². The number of hydrogen-bond donors (Lipinski definition) is 1. The lowest BCUT2D eigenvalue weighted by atomic mass is 10.0. The lowest BCUT2D eigenvalue weighted by Gasteiger charge is -2.29. The zero-order valence-electron chi connectivity index (χ0n) is 7.22. The van der Waals surface area contributed by atoms with Crippen LogP contribution >= 0.6 is 27.7 Å². The van der Waals surface area contributed by atoms with E-state index in [1.807, 2.05) is 6.92 Å². The lowest BCUT2D eigenvalue weighted by molar-refractivity contribution is 0.321. The first-order valence-corrected chi connectivity index (χ1v) is 5.55. The van der Waals surface area contributed by atoms with E-state index >= 15 is 0 Å². The summed E-state index contributed by atoms with van der Waals surface area (Å²) < 4.78 is -0.152. The van der Waals surface area contributed by atoms with Crippen LogP contribution in [-0.2, 0) is 0 Å². The fourth-order valence-corrected chi connectivity index (χ4v) is 1.96.